The number of amides is 1. The van der Waals surface area contributed by atoms with E-state index in [2.05, 4.69) is 0 Å². The number of allylic oxidation sites excluding steroid dienone is 1. The van der Waals surface area contributed by atoms with Crippen molar-refractivity contribution in [3.05, 3.63) is 11.1 Å². The monoisotopic (exact) mass is 237 g/mol. The van der Waals surface area contributed by atoms with Gasteiger partial charge in [-0.1, -0.05) is 5.57 Å². The molecule has 1 amide bonds. The number of hydrogen-bond donors (Lipinski definition) is 0. The van der Waals surface area contributed by atoms with Gasteiger partial charge in [-0.25, -0.2) is 0 Å². The molecule has 0 unspecified atom stereocenters. The fraction of sp³-hybridized carbons (Fsp3) is 0.714. The standard InChI is InChI=1S/C14H23NO2/c1-9(2)15(10(3)4)14(17)13-11(5)7-6-8-12(13)16/h9-10H,6-8H2,1-5H3. The maximum Gasteiger partial charge on any atom is 0.257 e. The molecule has 0 aromatic carbocycles. The summed E-state index contributed by atoms with van der Waals surface area (Å²) in [6.45, 7) is 9.85. The number of carbonyl (C=O) groups excluding carboxylic acids is 2. The Balaban J connectivity index is 3.06. The first-order valence-electron chi connectivity index (χ1n) is 6.41. The van der Waals surface area contributed by atoms with E-state index in [0.29, 0.717) is 12.0 Å². The highest BCUT2D eigenvalue weighted by Gasteiger charge is 2.30. The highest BCUT2D eigenvalue weighted by atomic mass is 16.2. The number of nitrogens with zero attached hydrogens (tertiary/aromatic N) is 1. The predicted octanol–water partition coefficient (Wildman–Crippen LogP) is 2.70. The van der Waals surface area contributed by atoms with Gasteiger partial charge in [-0.15, -0.1) is 0 Å². The van der Waals surface area contributed by atoms with Crippen LogP contribution in [0.15, 0.2) is 11.1 Å². The summed E-state index contributed by atoms with van der Waals surface area (Å²) in [6, 6.07) is 0.245. The molecule has 0 aromatic rings. The molecule has 0 aliphatic heterocycles. The van der Waals surface area contributed by atoms with Crippen molar-refractivity contribution >= 4 is 11.7 Å². The van der Waals surface area contributed by atoms with Gasteiger partial charge in [0.2, 0.25) is 0 Å². The Bertz CT molecular complexity index is 345. The zero-order valence-electron chi connectivity index (χ0n) is 11.5. The summed E-state index contributed by atoms with van der Waals surface area (Å²) >= 11 is 0. The molecule has 0 bridgehead atoms. The maximum atomic E-state index is 12.4. The van der Waals surface area contributed by atoms with E-state index >= 15 is 0 Å². The third kappa shape index (κ3) is 2.96. The second-order valence-electron chi connectivity index (χ2n) is 5.33. The zero-order valence-corrected chi connectivity index (χ0v) is 11.5. The highest BCUT2D eigenvalue weighted by Crippen LogP contribution is 2.24. The van der Waals surface area contributed by atoms with Gasteiger partial charge in [0.05, 0.1) is 5.57 Å². The molecule has 17 heavy (non-hydrogen) atoms. The minimum atomic E-state index is -0.0859. The van der Waals surface area contributed by atoms with Gasteiger partial charge in [0, 0.05) is 18.5 Å². The Hall–Kier alpha value is -1.12. The topological polar surface area (TPSA) is 37.4 Å². The third-order valence-corrected chi connectivity index (χ3v) is 3.22. The average molecular weight is 237 g/mol. The number of hydrogen-bond acceptors (Lipinski definition) is 2. The second-order valence-corrected chi connectivity index (χ2v) is 5.33. The molecule has 3 nitrogen and oxygen atoms in total. The molecule has 0 radical (unpaired) electrons. The minimum Gasteiger partial charge on any atom is -0.334 e. The first-order valence-corrected chi connectivity index (χ1v) is 6.41. The summed E-state index contributed by atoms with van der Waals surface area (Å²) in [5.74, 6) is -0.0674. The van der Waals surface area contributed by atoms with Crippen LogP contribution in [0.5, 0.6) is 0 Å². The molecule has 0 spiro atoms. The van der Waals surface area contributed by atoms with Gasteiger partial charge in [0.25, 0.3) is 5.91 Å². The number of carbonyl (C=O) groups is 2. The van der Waals surface area contributed by atoms with E-state index in [4.69, 9.17) is 0 Å². The fourth-order valence-electron chi connectivity index (χ4n) is 2.50. The normalized spacial score (nSPS) is 17.0. The Morgan fingerprint density at radius 1 is 1.12 bits per heavy atom. The Labute approximate surface area is 104 Å². The lowest BCUT2D eigenvalue weighted by Crippen LogP contribution is -2.44. The van der Waals surface area contributed by atoms with Gasteiger partial charge < -0.3 is 4.90 Å². The van der Waals surface area contributed by atoms with Crippen molar-refractivity contribution in [2.75, 3.05) is 0 Å². The molecule has 1 rings (SSSR count). The van der Waals surface area contributed by atoms with E-state index in [-0.39, 0.29) is 23.8 Å². The lowest BCUT2D eigenvalue weighted by atomic mass is 9.90. The van der Waals surface area contributed by atoms with E-state index in [1.54, 1.807) is 4.90 Å². The van der Waals surface area contributed by atoms with Gasteiger partial charge in [0.1, 0.15) is 0 Å². The maximum absolute atomic E-state index is 12.4. The molecule has 1 aliphatic carbocycles. The Morgan fingerprint density at radius 3 is 2.06 bits per heavy atom. The first kappa shape index (κ1) is 13.9. The van der Waals surface area contributed by atoms with Crippen LogP contribution in [0, 0.1) is 0 Å². The first-order chi connectivity index (χ1) is 7.86. The van der Waals surface area contributed by atoms with Crippen LogP contribution in [0.3, 0.4) is 0 Å². The lowest BCUT2D eigenvalue weighted by molar-refractivity contribution is -0.133. The summed E-state index contributed by atoms with van der Waals surface area (Å²) in [5.41, 5.74) is 1.40. The molecule has 0 atom stereocenters. The summed E-state index contributed by atoms with van der Waals surface area (Å²) in [6.07, 6.45) is 2.27. The second kappa shape index (κ2) is 5.48. The van der Waals surface area contributed by atoms with Crippen LogP contribution >= 0.6 is 0 Å². The molecular formula is C14H23NO2. The SMILES string of the molecule is CC1=C(C(=O)N(C(C)C)C(C)C)C(=O)CCC1. The lowest BCUT2D eigenvalue weighted by Gasteiger charge is -2.32. The van der Waals surface area contributed by atoms with Crippen LogP contribution in [0.1, 0.15) is 53.9 Å². The molecule has 0 saturated carbocycles. The molecule has 0 N–H and O–H groups in total. The van der Waals surface area contributed by atoms with Crippen molar-refractivity contribution in [1.29, 1.82) is 0 Å². The molecule has 0 aromatic heterocycles. The van der Waals surface area contributed by atoms with Crippen LogP contribution in [0.25, 0.3) is 0 Å². The summed E-state index contributed by atoms with van der Waals surface area (Å²) < 4.78 is 0. The highest BCUT2D eigenvalue weighted by molar-refractivity contribution is 6.20. The van der Waals surface area contributed by atoms with Crippen LogP contribution in [0.2, 0.25) is 0 Å². The zero-order chi connectivity index (χ0) is 13.2. The van der Waals surface area contributed by atoms with Crippen LogP contribution < -0.4 is 0 Å². The molecule has 1 aliphatic rings. The van der Waals surface area contributed by atoms with E-state index in [1.165, 1.54) is 0 Å². The molecular weight excluding hydrogens is 214 g/mol. The minimum absolute atomic E-state index is 0.0186. The van der Waals surface area contributed by atoms with Crippen LogP contribution in [-0.2, 0) is 9.59 Å². The molecule has 0 fully saturated rings. The van der Waals surface area contributed by atoms with Crippen molar-refractivity contribution in [3.63, 3.8) is 0 Å². The summed E-state index contributed by atoms with van der Waals surface area (Å²) in [4.78, 5) is 26.1. The van der Waals surface area contributed by atoms with Crippen LogP contribution in [0.4, 0.5) is 0 Å². The van der Waals surface area contributed by atoms with E-state index in [0.717, 1.165) is 18.4 Å². The van der Waals surface area contributed by atoms with E-state index in [1.807, 2.05) is 34.6 Å². The van der Waals surface area contributed by atoms with Gasteiger partial charge in [-0.3, -0.25) is 9.59 Å². The Morgan fingerprint density at radius 2 is 1.65 bits per heavy atom. The van der Waals surface area contributed by atoms with Crippen LogP contribution in [-0.4, -0.2) is 28.7 Å². The third-order valence-electron chi connectivity index (χ3n) is 3.22. The summed E-state index contributed by atoms with van der Waals surface area (Å²) in [5, 5.41) is 0. The quantitative estimate of drug-likeness (QED) is 0.708. The van der Waals surface area contributed by atoms with Crippen molar-refractivity contribution in [3.8, 4) is 0 Å². The molecule has 3 heteroatoms. The molecule has 0 heterocycles. The molecule has 0 saturated heterocycles. The van der Waals surface area contributed by atoms with Gasteiger partial charge >= 0.3 is 0 Å². The smallest absolute Gasteiger partial charge is 0.257 e. The number of Topliss-reactive ketones (excluding diaryl/α,β-unsaturated/α-hetero) is 1. The Kier molecular flexibility index (Phi) is 4.49. The van der Waals surface area contributed by atoms with Gasteiger partial charge in [-0.2, -0.15) is 0 Å². The van der Waals surface area contributed by atoms with E-state index in [9.17, 15) is 9.59 Å². The molecule has 96 valence electrons. The largest absolute Gasteiger partial charge is 0.334 e. The fourth-order valence-corrected chi connectivity index (χ4v) is 2.50. The number of ketones is 1. The van der Waals surface area contributed by atoms with Gasteiger partial charge in [-0.05, 0) is 47.5 Å². The van der Waals surface area contributed by atoms with Gasteiger partial charge in [0.15, 0.2) is 5.78 Å². The summed E-state index contributed by atoms with van der Waals surface area (Å²) in [7, 11) is 0. The average Bonchev–Trinajstić information content (AvgIpc) is 2.15. The number of rotatable bonds is 3. The van der Waals surface area contributed by atoms with E-state index < -0.39 is 0 Å². The van der Waals surface area contributed by atoms with Crippen molar-refractivity contribution < 1.29 is 9.59 Å². The van der Waals surface area contributed by atoms with Crippen molar-refractivity contribution in [2.45, 2.75) is 66.0 Å². The van der Waals surface area contributed by atoms with Crippen molar-refractivity contribution in [2.24, 2.45) is 0 Å². The predicted molar refractivity (Wildman–Crippen MR) is 68.7 cm³/mol. The van der Waals surface area contributed by atoms with Crippen molar-refractivity contribution in [1.82, 2.24) is 4.90 Å².